The first kappa shape index (κ1) is 21.0. The molecule has 0 aliphatic carbocycles. The normalized spacial score (nSPS) is 16.7. The maximum Gasteiger partial charge on any atom is 0.0438 e. The number of rotatable bonds is 5. The number of nitrogens with zero attached hydrogens (tertiary/aromatic N) is 1. The zero-order valence-electron chi connectivity index (χ0n) is 12.9. The van der Waals surface area contributed by atoms with Gasteiger partial charge in [0.15, 0.2) is 0 Å². The SMILES string of the molecule is CCCC[C@H](c1ccc(C)c(Cl)c1)N1CCNCC1.Cl.Cl. The first-order valence-corrected chi connectivity index (χ1v) is 7.81. The second-order valence-electron chi connectivity index (χ2n) is 5.45. The van der Waals surface area contributed by atoms with Gasteiger partial charge in [-0.2, -0.15) is 0 Å². The second kappa shape index (κ2) is 10.7. The Morgan fingerprint density at radius 2 is 1.90 bits per heavy atom. The van der Waals surface area contributed by atoms with Crippen molar-refractivity contribution in [1.82, 2.24) is 10.2 Å². The van der Waals surface area contributed by atoms with E-state index in [0.717, 1.165) is 31.2 Å². The summed E-state index contributed by atoms with van der Waals surface area (Å²) in [6.45, 7) is 8.80. The summed E-state index contributed by atoms with van der Waals surface area (Å²) in [5.74, 6) is 0. The Morgan fingerprint density at radius 1 is 1.24 bits per heavy atom. The van der Waals surface area contributed by atoms with Crippen molar-refractivity contribution in [1.29, 1.82) is 0 Å². The lowest BCUT2D eigenvalue weighted by molar-refractivity contribution is 0.163. The van der Waals surface area contributed by atoms with E-state index in [9.17, 15) is 0 Å². The van der Waals surface area contributed by atoms with E-state index in [2.05, 4.69) is 42.3 Å². The Kier molecular flexibility index (Phi) is 10.7. The zero-order chi connectivity index (χ0) is 13.7. The molecule has 5 heteroatoms. The number of aryl methyl sites for hydroxylation is 1. The van der Waals surface area contributed by atoms with Gasteiger partial charge in [-0.1, -0.05) is 43.5 Å². The average Bonchev–Trinajstić information content (AvgIpc) is 2.44. The lowest BCUT2D eigenvalue weighted by atomic mass is 9.98. The molecule has 2 nitrogen and oxygen atoms in total. The number of nitrogens with one attached hydrogen (secondary N) is 1. The van der Waals surface area contributed by atoms with Crippen LogP contribution in [0, 0.1) is 6.92 Å². The van der Waals surface area contributed by atoms with Gasteiger partial charge in [0.1, 0.15) is 0 Å². The van der Waals surface area contributed by atoms with Gasteiger partial charge in [0.25, 0.3) is 0 Å². The molecular weight excluding hydrogens is 327 g/mol. The van der Waals surface area contributed by atoms with Crippen molar-refractivity contribution in [2.24, 2.45) is 0 Å². The quantitative estimate of drug-likeness (QED) is 0.830. The molecule has 0 amide bonds. The Balaban J connectivity index is 0.00000200. The third kappa shape index (κ3) is 5.96. The fraction of sp³-hybridized carbons (Fsp3) is 0.625. The maximum atomic E-state index is 6.30. The number of hydrogen-bond donors (Lipinski definition) is 1. The van der Waals surface area contributed by atoms with Gasteiger partial charge in [-0.15, -0.1) is 24.8 Å². The molecule has 1 aromatic rings. The summed E-state index contributed by atoms with van der Waals surface area (Å²) in [5, 5.41) is 4.33. The van der Waals surface area contributed by atoms with Gasteiger partial charge in [0, 0.05) is 37.2 Å². The van der Waals surface area contributed by atoms with Crippen LogP contribution in [0.25, 0.3) is 0 Å². The minimum absolute atomic E-state index is 0. The molecular formula is C16H27Cl3N2. The van der Waals surface area contributed by atoms with Gasteiger partial charge in [-0.3, -0.25) is 4.90 Å². The van der Waals surface area contributed by atoms with E-state index in [0.29, 0.717) is 6.04 Å². The molecule has 1 aromatic carbocycles. The molecule has 1 saturated heterocycles. The third-order valence-corrected chi connectivity index (χ3v) is 4.41. The fourth-order valence-electron chi connectivity index (χ4n) is 2.77. The van der Waals surface area contributed by atoms with Crippen LogP contribution >= 0.6 is 36.4 Å². The van der Waals surface area contributed by atoms with Crippen molar-refractivity contribution in [2.45, 2.75) is 39.2 Å². The van der Waals surface area contributed by atoms with Crippen molar-refractivity contribution >= 4 is 36.4 Å². The molecule has 0 radical (unpaired) electrons. The highest BCUT2D eigenvalue weighted by Gasteiger charge is 2.21. The van der Waals surface area contributed by atoms with E-state index in [4.69, 9.17) is 11.6 Å². The number of hydrogen-bond acceptors (Lipinski definition) is 2. The second-order valence-corrected chi connectivity index (χ2v) is 5.86. The van der Waals surface area contributed by atoms with Crippen LogP contribution in [-0.4, -0.2) is 31.1 Å². The molecule has 0 aromatic heterocycles. The Labute approximate surface area is 146 Å². The molecule has 1 atom stereocenters. The van der Waals surface area contributed by atoms with Gasteiger partial charge >= 0.3 is 0 Å². The number of halogens is 3. The van der Waals surface area contributed by atoms with E-state index in [1.165, 1.54) is 30.4 Å². The average molecular weight is 354 g/mol. The summed E-state index contributed by atoms with van der Waals surface area (Å²) in [5.41, 5.74) is 2.55. The summed E-state index contributed by atoms with van der Waals surface area (Å²) >= 11 is 6.30. The lowest BCUT2D eigenvalue weighted by Crippen LogP contribution is -2.45. The summed E-state index contributed by atoms with van der Waals surface area (Å²) in [4.78, 5) is 2.60. The highest BCUT2D eigenvalue weighted by Crippen LogP contribution is 2.29. The van der Waals surface area contributed by atoms with Crippen LogP contribution in [0.4, 0.5) is 0 Å². The van der Waals surface area contributed by atoms with Crippen LogP contribution < -0.4 is 5.32 Å². The highest BCUT2D eigenvalue weighted by atomic mass is 35.5. The molecule has 1 aliphatic rings. The lowest BCUT2D eigenvalue weighted by Gasteiger charge is -2.35. The van der Waals surface area contributed by atoms with Crippen molar-refractivity contribution in [2.75, 3.05) is 26.2 Å². The first-order valence-electron chi connectivity index (χ1n) is 7.43. The summed E-state index contributed by atoms with van der Waals surface area (Å²) < 4.78 is 0. The molecule has 0 saturated carbocycles. The van der Waals surface area contributed by atoms with E-state index in [1.54, 1.807) is 0 Å². The van der Waals surface area contributed by atoms with Gasteiger partial charge in [-0.25, -0.2) is 0 Å². The summed E-state index contributed by atoms with van der Waals surface area (Å²) in [6, 6.07) is 7.10. The largest absolute Gasteiger partial charge is 0.314 e. The fourth-order valence-corrected chi connectivity index (χ4v) is 2.96. The standard InChI is InChI=1S/C16H25ClN2.2ClH/c1-3-4-5-16(19-10-8-18-9-11-19)14-7-6-13(2)15(17)12-14;;/h6-7,12,16,18H,3-5,8-11H2,1-2H3;2*1H/t16-;;/m1../s1. The molecule has 0 bridgehead atoms. The molecule has 1 N–H and O–H groups in total. The minimum atomic E-state index is 0. The van der Waals surface area contributed by atoms with Crippen molar-refractivity contribution in [3.8, 4) is 0 Å². The predicted molar refractivity (Wildman–Crippen MR) is 97.4 cm³/mol. The van der Waals surface area contributed by atoms with Crippen molar-refractivity contribution in [3.63, 3.8) is 0 Å². The van der Waals surface area contributed by atoms with Crippen LogP contribution in [0.5, 0.6) is 0 Å². The molecule has 0 spiro atoms. The topological polar surface area (TPSA) is 15.3 Å². The first-order chi connectivity index (χ1) is 9.22. The zero-order valence-corrected chi connectivity index (χ0v) is 15.3. The van der Waals surface area contributed by atoms with E-state index in [1.807, 2.05) is 0 Å². The molecule has 0 unspecified atom stereocenters. The van der Waals surface area contributed by atoms with Crippen LogP contribution in [0.2, 0.25) is 5.02 Å². The smallest absolute Gasteiger partial charge is 0.0438 e. The predicted octanol–water partition coefficient (Wildman–Crippen LogP) is 4.63. The Bertz CT molecular complexity index is 407. The van der Waals surface area contributed by atoms with E-state index in [-0.39, 0.29) is 24.8 Å². The molecule has 21 heavy (non-hydrogen) atoms. The van der Waals surface area contributed by atoms with Crippen molar-refractivity contribution < 1.29 is 0 Å². The summed E-state index contributed by atoms with van der Waals surface area (Å²) in [6.07, 6.45) is 3.76. The van der Waals surface area contributed by atoms with Crippen LogP contribution in [0.1, 0.15) is 43.4 Å². The third-order valence-electron chi connectivity index (χ3n) is 4.00. The highest BCUT2D eigenvalue weighted by molar-refractivity contribution is 6.31. The van der Waals surface area contributed by atoms with Gasteiger partial charge in [-0.05, 0) is 30.5 Å². The van der Waals surface area contributed by atoms with Crippen molar-refractivity contribution in [3.05, 3.63) is 34.3 Å². The van der Waals surface area contributed by atoms with Crippen LogP contribution in [-0.2, 0) is 0 Å². The summed E-state index contributed by atoms with van der Waals surface area (Å²) in [7, 11) is 0. The molecule has 1 fully saturated rings. The van der Waals surface area contributed by atoms with Gasteiger partial charge in [0.2, 0.25) is 0 Å². The molecule has 1 aliphatic heterocycles. The molecule has 122 valence electrons. The van der Waals surface area contributed by atoms with Crippen LogP contribution in [0.3, 0.4) is 0 Å². The number of piperazine rings is 1. The Morgan fingerprint density at radius 3 is 2.48 bits per heavy atom. The van der Waals surface area contributed by atoms with E-state index >= 15 is 0 Å². The Hall–Kier alpha value is 0.01000. The van der Waals surface area contributed by atoms with Crippen LogP contribution in [0.15, 0.2) is 18.2 Å². The van der Waals surface area contributed by atoms with Gasteiger partial charge < -0.3 is 5.32 Å². The molecule has 2 rings (SSSR count). The number of unbranched alkanes of at least 4 members (excludes halogenated alkanes) is 1. The maximum absolute atomic E-state index is 6.30. The number of benzene rings is 1. The minimum Gasteiger partial charge on any atom is -0.314 e. The van der Waals surface area contributed by atoms with Gasteiger partial charge in [0.05, 0.1) is 0 Å². The van der Waals surface area contributed by atoms with E-state index < -0.39 is 0 Å². The molecule has 1 heterocycles. The monoisotopic (exact) mass is 352 g/mol.